The molecule has 1 aromatic carbocycles. The topological polar surface area (TPSA) is 35.8 Å². The van der Waals surface area contributed by atoms with Crippen LogP contribution in [0.2, 0.25) is 0 Å². The molecule has 0 bridgehead atoms. The van der Waals surface area contributed by atoms with Crippen molar-refractivity contribution in [2.45, 2.75) is 39.2 Å². The fourth-order valence-electron chi connectivity index (χ4n) is 1.97. The number of rotatable bonds is 7. The van der Waals surface area contributed by atoms with Crippen molar-refractivity contribution in [2.24, 2.45) is 5.92 Å². The Bertz CT molecular complexity index is 336. The molecule has 1 atom stereocenters. The zero-order valence-electron chi connectivity index (χ0n) is 10.8. The molecule has 0 aromatic heterocycles. The Morgan fingerprint density at radius 3 is 2.35 bits per heavy atom. The summed E-state index contributed by atoms with van der Waals surface area (Å²) in [6.45, 7) is 5.43. The van der Waals surface area contributed by atoms with Crippen molar-refractivity contribution in [3.05, 3.63) is 35.9 Å². The van der Waals surface area contributed by atoms with E-state index in [0.29, 0.717) is 12.3 Å². The van der Waals surface area contributed by atoms with Crippen molar-refractivity contribution in [1.29, 1.82) is 5.26 Å². The monoisotopic (exact) mass is 230 g/mol. The molecule has 0 aliphatic heterocycles. The summed E-state index contributed by atoms with van der Waals surface area (Å²) in [6, 6.07) is 12.7. The van der Waals surface area contributed by atoms with Gasteiger partial charge in [-0.3, -0.25) is 0 Å². The predicted octanol–water partition coefficient (Wildman–Crippen LogP) is 3.67. The quantitative estimate of drug-likeness (QED) is 0.775. The predicted molar refractivity (Wildman–Crippen MR) is 71.5 cm³/mol. The Morgan fingerprint density at radius 1 is 1.18 bits per heavy atom. The number of benzene rings is 1. The molecule has 92 valence electrons. The zero-order valence-corrected chi connectivity index (χ0v) is 10.8. The van der Waals surface area contributed by atoms with Gasteiger partial charge in [0.1, 0.15) is 0 Å². The van der Waals surface area contributed by atoms with Gasteiger partial charge in [-0.1, -0.05) is 57.0 Å². The van der Waals surface area contributed by atoms with Gasteiger partial charge in [-0.05, 0) is 18.0 Å². The van der Waals surface area contributed by atoms with Crippen molar-refractivity contribution in [1.82, 2.24) is 5.32 Å². The third-order valence-electron chi connectivity index (χ3n) is 3.30. The van der Waals surface area contributed by atoms with Crippen LogP contribution in [0.5, 0.6) is 0 Å². The third-order valence-corrected chi connectivity index (χ3v) is 3.30. The first-order chi connectivity index (χ1) is 8.31. The highest BCUT2D eigenvalue weighted by Gasteiger charge is 2.12. The maximum Gasteiger partial charge on any atom is 0.0641 e. The van der Waals surface area contributed by atoms with Crippen LogP contribution in [0.25, 0.3) is 0 Å². The number of hydrogen-bond acceptors (Lipinski definition) is 2. The largest absolute Gasteiger partial charge is 0.309 e. The van der Waals surface area contributed by atoms with Gasteiger partial charge in [0.05, 0.1) is 12.5 Å². The lowest BCUT2D eigenvalue weighted by Crippen LogP contribution is -2.26. The van der Waals surface area contributed by atoms with Gasteiger partial charge in [-0.15, -0.1) is 0 Å². The van der Waals surface area contributed by atoms with Gasteiger partial charge in [0.2, 0.25) is 0 Å². The second-order valence-electron chi connectivity index (χ2n) is 4.42. The molecule has 0 aliphatic carbocycles. The Labute approximate surface area is 105 Å². The zero-order chi connectivity index (χ0) is 12.5. The van der Waals surface area contributed by atoms with Crippen LogP contribution in [0.3, 0.4) is 0 Å². The summed E-state index contributed by atoms with van der Waals surface area (Å²) < 4.78 is 0. The summed E-state index contributed by atoms with van der Waals surface area (Å²) in [7, 11) is 0. The number of nitriles is 1. The van der Waals surface area contributed by atoms with Gasteiger partial charge in [0, 0.05) is 6.04 Å². The molecule has 0 fully saturated rings. The first kappa shape index (κ1) is 13.7. The summed E-state index contributed by atoms with van der Waals surface area (Å²) in [5, 5.41) is 12.4. The molecule has 1 unspecified atom stereocenters. The SMILES string of the molecule is CCC(CC)CNC(CC#N)c1ccccc1. The van der Waals surface area contributed by atoms with Crippen LogP contribution in [0.15, 0.2) is 30.3 Å². The molecule has 0 saturated heterocycles. The van der Waals surface area contributed by atoms with E-state index in [9.17, 15) is 0 Å². The molecule has 0 spiro atoms. The highest BCUT2D eigenvalue weighted by molar-refractivity contribution is 5.19. The summed E-state index contributed by atoms with van der Waals surface area (Å²) in [5.41, 5.74) is 1.21. The average Bonchev–Trinajstić information content (AvgIpc) is 2.39. The van der Waals surface area contributed by atoms with E-state index in [-0.39, 0.29) is 6.04 Å². The number of nitrogens with zero attached hydrogens (tertiary/aromatic N) is 1. The second-order valence-corrected chi connectivity index (χ2v) is 4.42. The van der Waals surface area contributed by atoms with Crippen LogP contribution in [-0.2, 0) is 0 Å². The third kappa shape index (κ3) is 4.58. The van der Waals surface area contributed by atoms with E-state index in [1.165, 1.54) is 18.4 Å². The molecular weight excluding hydrogens is 208 g/mol. The molecule has 1 N–H and O–H groups in total. The lowest BCUT2D eigenvalue weighted by molar-refractivity contribution is 0.413. The van der Waals surface area contributed by atoms with Gasteiger partial charge >= 0.3 is 0 Å². The fraction of sp³-hybridized carbons (Fsp3) is 0.533. The van der Waals surface area contributed by atoms with Gasteiger partial charge in [-0.2, -0.15) is 5.26 Å². The Hall–Kier alpha value is -1.33. The lowest BCUT2D eigenvalue weighted by Gasteiger charge is -2.20. The maximum absolute atomic E-state index is 8.89. The minimum atomic E-state index is 0.168. The maximum atomic E-state index is 8.89. The summed E-state index contributed by atoms with van der Waals surface area (Å²) in [5.74, 6) is 0.708. The number of hydrogen-bond donors (Lipinski definition) is 1. The summed E-state index contributed by atoms with van der Waals surface area (Å²) in [6.07, 6.45) is 2.92. The van der Waals surface area contributed by atoms with Gasteiger partial charge in [0.15, 0.2) is 0 Å². The van der Waals surface area contributed by atoms with Crippen LogP contribution in [-0.4, -0.2) is 6.54 Å². The lowest BCUT2D eigenvalue weighted by atomic mass is 10.0. The fourth-order valence-corrected chi connectivity index (χ4v) is 1.97. The van der Waals surface area contributed by atoms with Crippen LogP contribution in [0.4, 0.5) is 0 Å². The van der Waals surface area contributed by atoms with Gasteiger partial charge in [0.25, 0.3) is 0 Å². The summed E-state index contributed by atoms with van der Waals surface area (Å²) >= 11 is 0. The van der Waals surface area contributed by atoms with Gasteiger partial charge < -0.3 is 5.32 Å². The van der Waals surface area contributed by atoms with Crippen LogP contribution in [0, 0.1) is 17.2 Å². The van der Waals surface area contributed by atoms with Crippen molar-refractivity contribution in [2.75, 3.05) is 6.54 Å². The van der Waals surface area contributed by atoms with Crippen molar-refractivity contribution in [3.8, 4) is 6.07 Å². The van der Waals surface area contributed by atoms with Crippen molar-refractivity contribution >= 4 is 0 Å². The molecule has 0 radical (unpaired) electrons. The number of nitrogens with one attached hydrogen (secondary N) is 1. The molecule has 0 heterocycles. The summed E-state index contributed by atoms with van der Waals surface area (Å²) in [4.78, 5) is 0. The highest BCUT2D eigenvalue weighted by atomic mass is 14.9. The van der Waals surface area contributed by atoms with E-state index in [1.54, 1.807) is 0 Å². The minimum absolute atomic E-state index is 0.168. The Balaban J connectivity index is 2.58. The molecular formula is C15H22N2. The van der Waals surface area contributed by atoms with E-state index < -0.39 is 0 Å². The molecule has 2 heteroatoms. The second kappa shape index (κ2) is 7.86. The highest BCUT2D eigenvalue weighted by Crippen LogP contribution is 2.17. The molecule has 0 saturated carbocycles. The first-order valence-corrected chi connectivity index (χ1v) is 6.47. The smallest absolute Gasteiger partial charge is 0.0641 e. The van der Waals surface area contributed by atoms with Crippen LogP contribution < -0.4 is 5.32 Å². The van der Waals surface area contributed by atoms with Gasteiger partial charge in [-0.25, -0.2) is 0 Å². The van der Waals surface area contributed by atoms with E-state index in [4.69, 9.17) is 5.26 Å². The molecule has 17 heavy (non-hydrogen) atoms. The Morgan fingerprint density at radius 2 is 1.82 bits per heavy atom. The minimum Gasteiger partial charge on any atom is -0.309 e. The molecule has 0 aliphatic rings. The van der Waals surface area contributed by atoms with E-state index >= 15 is 0 Å². The van der Waals surface area contributed by atoms with E-state index in [2.05, 4.69) is 37.4 Å². The molecule has 0 amide bonds. The van der Waals surface area contributed by atoms with E-state index in [1.807, 2.05) is 18.2 Å². The molecule has 1 aromatic rings. The normalized spacial score (nSPS) is 12.4. The standard InChI is InChI=1S/C15H22N2/c1-3-13(4-2)12-17-15(10-11-16)14-8-6-5-7-9-14/h5-9,13,15,17H,3-4,10,12H2,1-2H3. The van der Waals surface area contributed by atoms with E-state index in [0.717, 1.165) is 6.54 Å². The van der Waals surface area contributed by atoms with Crippen LogP contribution >= 0.6 is 0 Å². The Kier molecular flexibility index (Phi) is 6.35. The molecule has 1 rings (SSSR count). The molecule has 2 nitrogen and oxygen atoms in total. The average molecular weight is 230 g/mol. The van der Waals surface area contributed by atoms with Crippen LogP contribution in [0.1, 0.15) is 44.7 Å². The van der Waals surface area contributed by atoms with Crippen molar-refractivity contribution < 1.29 is 0 Å². The van der Waals surface area contributed by atoms with Crippen molar-refractivity contribution in [3.63, 3.8) is 0 Å². The first-order valence-electron chi connectivity index (χ1n) is 6.47.